The van der Waals surface area contributed by atoms with Crippen molar-refractivity contribution in [2.75, 3.05) is 26.8 Å². The minimum atomic E-state index is -4.93. The standard InChI is InChI=1S/C30H42F6N6O/c1-18-6-5-11-40(14-18)26(30(34,35)36)21-13-23(29(31,32)33)24-16-41(28(43)42(24)15-21)22-10-4-9-20(12-22)25(19-7-3-8-19)27-38-37-17-39(27)2/h13,15-16,18-20,22,25-27,37-38H,3-12,14,17H2,1-2H3/t18-,20?,22?,25-,26-,27?/m0/s1. The second kappa shape index (κ2) is 11.7. The molecular formula is C30H42F6N6O. The minimum absolute atomic E-state index is 0.00812. The van der Waals surface area contributed by atoms with E-state index in [0.29, 0.717) is 43.8 Å². The highest BCUT2D eigenvalue weighted by Gasteiger charge is 2.48. The lowest BCUT2D eigenvalue weighted by Gasteiger charge is -2.46. The van der Waals surface area contributed by atoms with E-state index < -0.39 is 40.7 Å². The topological polar surface area (TPSA) is 57.0 Å². The molecule has 0 amide bonds. The third-order valence-corrected chi connectivity index (χ3v) is 10.5. The molecule has 2 aliphatic heterocycles. The van der Waals surface area contributed by atoms with Crippen LogP contribution in [0.5, 0.6) is 0 Å². The zero-order chi connectivity index (χ0) is 30.7. The predicted octanol–water partition coefficient (Wildman–Crippen LogP) is 5.93. The van der Waals surface area contributed by atoms with Crippen LogP contribution in [0.1, 0.15) is 87.9 Å². The molecule has 4 fully saturated rings. The molecule has 6 rings (SSSR count). The molecule has 2 aliphatic carbocycles. The number of pyridine rings is 1. The maximum absolute atomic E-state index is 14.5. The summed E-state index contributed by atoms with van der Waals surface area (Å²) in [7, 11) is 2.06. The van der Waals surface area contributed by atoms with Gasteiger partial charge in [0.25, 0.3) is 0 Å². The molecule has 2 N–H and O–H groups in total. The summed E-state index contributed by atoms with van der Waals surface area (Å²) < 4.78 is 88.9. The third kappa shape index (κ3) is 5.98. The molecule has 7 nitrogen and oxygen atoms in total. The Morgan fingerprint density at radius 3 is 2.28 bits per heavy atom. The van der Waals surface area contributed by atoms with Crippen LogP contribution in [0.25, 0.3) is 5.52 Å². The van der Waals surface area contributed by atoms with Crippen LogP contribution in [0.4, 0.5) is 26.3 Å². The van der Waals surface area contributed by atoms with Crippen LogP contribution < -0.4 is 16.5 Å². The lowest BCUT2D eigenvalue weighted by Crippen LogP contribution is -2.50. The summed E-state index contributed by atoms with van der Waals surface area (Å²) in [6.07, 6.45) is 0.501. The number of imidazole rings is 1. The molecule has 2 aromatic heterocycles. The number of fused-ring (bicyclic) bond motifs is 1. The molecule has 2 saturated carbocycles. The Bertz CT molecular complexity index is 1350. The fraction of sp³-hybridized carbons (Fsp3) is 0.767. The highest BCUT2D eigenvalue weighted by molar-refractivity contribution is 5.56. The average molecular weight is 617 g/mol. The molecule has 6 atom stereocenters. The first-order chi connectivity index (χ1) is 20.3. The van der Waals surface area contributed by atoms with E-state index in [9.17, 15) is 31.1 Å². The van der Waals surface area contributed by atoms with Crippen LogP contribution in [-0.2, 0) is 6.18 Å². The van der Waals surface area contributed by atoms with Gasteiger partial charge in [-0.1, -0.05) is 32.6 Å². The quantitative estimate of drug-likeness (QED) is 0.395. The number of rotatable bonds is 6. The van der Waals surface area contributed by atoms with Crippen LogP contribution in [0, 0.1) is 23.7 Å². The van der Waals surface area contributed by atoms with E-state index in [1.807, 2.05) is 6.92 Å². The number of alkyl halides is 6. The summed E-state index contributed by atoms with van der Waals surface area (Å²) in [6.45, 7) is 2.83. The van der Waals surface area contributed by atoms with Gasteiger partial charge in [0.05, 0.1) is 23.9 Å². The molecule has 13 heteroatoms. The lowest BCUT2D eigenvalue weighted by molar-refractivity contribution is -0.191. The van der Waals surface area contributed by atoms with Crippen molar-refractivity contribution in [3.8, 4) is 0 Å². The Morgan fingerprint density at radius 1 is 0.953 bits per heavy atom. The Balaban J connectivity index is 1.38. The van der Waals surface area contributed by atoms with Crippen LogP contribution in [-0.4, -0.2) is 57.9 Å². The highest BCUT2D eigenvalue weighted by atomic mass is 19.4. The number of nitrogens with zero attached hydrogens (tertiary/aromatic N) is 4. The number of hydrogen-bond acceptors (Lipinski definition) is 5. The number of piperidine rings is 1. The smallest absolute Gasteiger partial charge is 0.295 e. The summed E-state index contributed by atoms with van der Waals surface area (Å²) in [6, 6.07) is -1.93. The zero-order valence-corrected chi connectivity index (χ0v) is 24.7. The second-order valence-electron chi connectivity index (χ2n) is 13.5. The number of nitrogens with one attached hydrogen (secondary N) is 2. The van der Waals surface area contributed by atoms with E-state index >= 15 is 0 Å². The largest absolute Gasteiger partial charge is 0.418 e. The molecule has 0 spiro atoms. The van der Waals surface area contributed by atoms with Gasteiger partial charge in [-0.2, -0.15) is 26.3 Å². The van der Waals surface area contributed by atoms with Gasteiger partial charge in [0.2, 0.25) is 0 Å². The Hall–Kier alpha value is -2.09. The van der Waals surface area contributed by atoms with Gasteiger partial charge in [-0.05, 0) is 81.0 Å². The summed E-state index contributed by atoms with van der Waals surface area (Å²) in [4.78, 5) is 17.2. The first-order valence-electron chi connectivity index (χ1n) is 15.7. The van der Waals surface area contributed by atoms with E-state index in [2.05, 4.69) is 22.8 Å². The van der Waals surface area contributed by atoms with Gasteiger partial charge in [-0.25, -0.2) is 15.6 Å². The fourth-order valence-corrected chi connectivity index (χ4v) is 8.33. The monoisotopic (exact) mass is 616 g/mol. The van der Waals surface area contributed by atoms with Crippen molar-refractivity contribution in [1.82, 2.24) is 29.6 Å². The molecule has 2 saturated heterocycles. The average Bonchev–Trinajstić information content (AvgIpc) is 3.47. The van der Waals surface area contributed by atoms with E-state index in [1.54, 1.807) is 0 Å². The molecule has 2 aromatic rings. The van der Waals surface area contributed by atoms with Crippen molar-refractivity contribution >= 4 is 5.52 Å². The molecule has 3 unspecified atom stereocenters. The Kier molecular flexibility index (Phi) is 8.40. The van der Waals surface area contributed by atoms with Crippen LogP contribution in [0.15, 0.2) is 23.3 Å². The van der Waals surface area contributed by atoms with Gasteiger partial charge in [-0.3, -0.25) is 18.8 Å². The Labute approximate surface area is 247 Å². The third-order valence-electron chi connectivity index (χ3n) is 10.5. The summed E-state index contributed by atoms with van der Waals surface area (Å²) >= 11 is 0. The normalized spacial score (nSPS) is 30.0. The van der Waals surface area contributed by atoms with Crippen molar-refractivity contribution in [2.45, 2.75) is 95.3 Å². The molecule has 4 aliphatic rings. The van der Waals surface area contributed by atoms with Gasteiger partial charge in [-0.15, -0.1) is 0 Å². The summed E-state index contributed by atoms with van der Waals surface area (Å²) in [5.41, 5.74) is 3.76. The first kappa shape index (κ1) is 30.9. The van der Waals surface area contributed by atoms with Crippen LogP contribution >= 0.6 is 0 Å². The minimum Gasteiger partial charge on any atom is -0.295 e. The van der Waals surface area contributed by atoms with Crippen molar-refractivity contribution in [3.05, 3.63) is 40.1 Å². The number of halogens is 6. The Morgan fingerprint density at radius 2 is 1.67 bits per heavy atom. The van der Waals surface area contributed by atoms with E-state index in [-0.39, 0.29) is 37.1 Å². The fourth-order valence-electron chi connectivity index (χ4n) is 8.33. The first-order valence-corrected chi connectivity index (χ1v) is 15.7. The van der Waals surface area contributed by atoms with E-state index in [4.69, 9.17) is 0 Å². The van der Waals surface area contributed by atoms with E-state index in [0.717, 1.165) is 42.7 Å². The van der Waals surface area contributed by atoms with Gasteiger partial charge in [0.15, 0.2) is 0 Å². The van der Waals surface area contributed by atoms with Crippen molar-refractivity contribution in [3.63, 3.8) is 0 Å². The molecule has 4 heterocycles. The summed E-state index contributed by atoms with van der Waals surface area (Å²) in [5, 5.41) is 0. The maximum atomic E-state index is 14.5. The van der Waals surface area contributed by atoms with Crippen LogP contribution in [0.2, 0.25) is 0 Å². The molecule has 0 aromatic carbocycles. The second-order valence-corrected chi connectivity index (χ2v) is 13.5. The molecule has 0 radical (unpaired) electrons. The molecule has 0 bridgehead atoms. The predicted molar refractivity (Wildman–Crippen MR) is 150 cm³/mol. The maximum Gasteiger partial charge on any atom is 0.418 e. The molecular weight excluding hydrogens is 574 g/mol. The van der Waals surface area contributed by atoms with Crippen molar-refractivity contribution in [1.29, 1.82) is 0 Å². The van der Waals surface area contributed by atoms with E-state index in [1.165, 1.54) is 22.1 Å². The number of likely N-dealkylation sites (tertiary alicyclic amines) is 1. The highest BCUT2D eigenvalue weighted by Crippen LogP contribution is 2.47. The van der Waals surface area contributed by atoms with Gasteiger partial charge in [0.1, 0.15) is 6.04 Å². The lowest BCUT2D eigenvalue weighted by atomic mass is 9.65. The molecule has 240 valence electrons. The van der Waals surface area contributed by atoms with Gasteiger partial charge >= 0.3 is 18.0 Å². The van der Waals surface area contributed by atoms with Crippen molar-refractivity contribution < 1.29 is 26.3 Å². The summed E-state index contributed by atoms with van der Waals surface area (Å²) in [5.74, 6) is 1.14. The van der Waals surface area contributed by atoms with Crippen molar-refractivity contribution in [2.24, 2.45) is 23.7 Å². The SMILES string of the molecule is C[C@H]1CCCN([C@@H](c2cc(C(F)(F)F)c3cn(C4CCCC([C@H](C5CCC5)C5NNCN5C)C4)c(=O)n3c2)C(F)(F)F)C1. The number of hydrogen-bond donors (Lipinski definition) is 2. The number of hydrazine groups is 1. The van der Waals surface area contributed by atoms with Gasteiger partial charge in [0, 0.05) is 25.0 Å². The molecule has 43 heavy (non-hydrogen) atoms. The van der Waals surface area contributed by atoms with Gasteiger partial charge < -0.3 is 0 Å². The zero-order valence-electron chi connectivity index (χ0n) is 24.7. The van der Waals surface area contributed by atoms with Crippen LogP contribution in [0.3, 0.4) is 0 Å². The number of aromatic nitrogens is 2.